The number of ether oxygens (including phenoxy) is 1. The van der Waals surface area contributed by atoms with Gasteiger partial charge < -0.3 is 4.74 Å². The standard InChI is InChI=1S/C17H14F2O2/c18-14-7-3-12(4-8-14)17(11-1-2-16(20)21-17)13-5-9-15(19)10-6-13/h3-10H,1-2,11H2. The lowest BCUT2D eigenvalue weighted by molar-refractivity contribution is -0.163. The van der Waals surface area contributed by atoms with Crippen LogP contribution in [-0.4, -0.2) is 5.97 Å². The number of carbonyl (C=O) groups excluding carboxylic acids is 1. The highest BCUT2D eigenvalue weighted by Crippen LogP contribution is 2.41. The van der Waals surface area contributed by atoms with Gasteiger partial charge in [0.1, 0.15) is 11.6 Å². The summed E-state index contributed by atoms with van der Waals surface area (Å²) in [5.41, 5.74) is 0.434. The molecule has 2 aromatic carbocycles. The van der Waals surface area contributed by atoms with Gasteiger partial charge in [0.2, 0.25) is 0 Å². The maximum absolute atomic E-state index is 13.2. The van der Waals surface area contributed by atoms with Gasteiger partial charge in [-0.15, -0.1) is 0 Å². The fourth-order valence-corrected chi connectivity index (χ4v) is 2.79. The molecule has 4 heteroatoms. The average Bonchev–Trinajstić information content (AvgIpc) is 2.48. The summed E-state index contributed by atoms with van der Waals surface area (Å²) in [6.07, 6.45) is 1.63. The minimum Gasteiger partial charge on any atom is -0.449 e. The van der Waals surface area contributed by atoms with Crippen LogP contribution in [0.2, 0.25) is 0 Å². The zero-order chi connectivity index (χ0) is 14.9. The van der Waals surface area contributed by atoms with Gasteiger partial charge in [0, 0.05) is 17.5 Å². The van der Waals surface area contributed by atoms with Crippen LogP contribution in [0.25, 0.3) is 0 Å². The quantitative estimate of drug-likeness (QED) is 0.782. The second-order valence-corrected chi connectivity index (χ2v) is 5.17. The molecule has 2 nitrogen and oxygen atoms in total. The summed E-state index contributed by atoms with van der Waals surface area (Å²) in [7, 11) is 0. The van der Waals surface area contributed by atoms with Gasteiger partial charge >= 0.3 is 5.97 Å². The lowest BCUT2D eigenvalue weighted by Crippen LogP contribution is -2.37. The van der Waals surface area contributed by atoms with Gasteiger partial charge in [-0.1, -0.05) is 24.3 Å². The summed E-state index contributed by atoms with van der Waals surface area (Å²) in [6.45, 7) is 0. The summed E-state index contributed by atoms with van der Waals surface area (Å²) in [6, 6.07) is 11.8. The van der Waals surface area contributed by atoms with Crippen molar-refractivity contribution < 1.29 is 18.3 Å². The Hall–Kier alpha value is -2.23. The Balaban J connectivity index is 2.12. The van der Waals surface area contributed by atoms with Crippen LogP contribution in [0.1, 0.15) is 30.4 Å². The largest absolute Gasteiger partial charge is 0.449 e. The Morgan fingerprint density at radius 1 is 0.857 bits per heavy atom. The van der Waals surface area contributed by atoms with E-state index in [1.807, 2.05) is 0 Å². The van der Waals surface area contributed by atoms with E-state index >= 15 is 0 Å². The van der Waals surface area contributed by atoms with E-state index in [2.05, 4.69) is 0 Å². The molecular weight excluding hydrogens is 274 g/mol. The molecule has 0 radical (unpaired) electrons. The molecule has 0 spiro atoms. The van der Waals surface area contributed by atoms with Gasteiger partial charge in [-0.25, -0.2) is 8.78 Å². The third-order valence-electron chi connectivity index (χ3n) is 3.82. The summed E-state index contributed by atoms with van der Waals surface area (Å²) in [4.78, 5) is 11.8. The Morgan fingerprint density at radius 3 is 1.76 bits per heavy atom. The van der Waals surface area contributed by atoms with Crippen molar-refractivity contribution in [3.8, 4) is 0 Å². The number of hydrogen-bond donors (Lipinski definition) is 0. The van der Waals surface area contributed by atoms with Crippen LogP contribution < -0.4 is 0 Å². The number of hydrogen-bond acceptors (Lipinski definition) is 2. The van der Waals surface area contributed by atoms with E-state index in [1.165, 1.54) is 24.3 Å². The highest BCUT2D eigenvalue weighted by molar-refractivity contribution is 5.71. The highest BCUT2D eigenvalue weighted by Gasteiger charge is 2.41. The van der Waals surface area contributed by atoms with Crippen LogP contribution in [0.15, 0.2) is 48.5 Å². The fraction of sp³-hybridized carbons (Fsp3) is 0.235. The molecule has 2 aromatic rings. The molecule has 0 N–H and O–H groups in total. The number of rotatable bonds is 2. The molecule has 1 fully saturated rings. The van der Waals surface area contributed by atoms with Crippen molar-refractivity contribution in [3.05, 3.63) is 71.3 Å². The monoisotopic (exact) mass is 288 g/mol. The van der Waals surface area contributed by atoms with Gasteiger partial charge in [0.05, 0.1) is 0 Å². The number of esters is 1. The van der Waals surface area contributed by atoms with Crippen molar-refractivity contribution in [1.29, 1.82) is 0 Å². The van der Waals surface area contributed by atoms with E-state index in [9.17, 15) is 13.6 Å². The third-order valence-corrected chi connectivity index (χ3v) is 3.82. The predicted octanol–water partition coefficient (Wildman–Crippen LogP) is 3.94. The molecule has 0 amide bonds. The number of carbonyl (C=O) groups is 1. The molecule has 0 bridgehead atoms. The summed E-state index contributed by atoms with van der Waals surface area (Å²) >= 11 is 0. The fourth-order valence-electron chi connectivity index (χ4n) is 2.79. The Labute approximate surface area is 121 Å². The number of cyclic esters (lactones) is 1. The van der Waals surface area contributed by atoms with Crippen molar-refractivity contribution in [1.82, 2.24) is 0 Å². The van der Waals surface area contributed by atoms with E-state index in [-0.39, 0.29) is 17.6 Å². The average molecular weight is 288 g/mol. The van der Waals surface area contributed by atoms with Crippen LogP contribution in [0, 0.1) is 11.6 Å². The first-order valence-corrected chi connectivity index (χ1v) is 6.84. The highest BCUT2D eigenvalue weighted by atomic mass is 19.1. The van der Waals surface area contributed by atoms with E-state index < -0.39 is 5.60 Å². The van der Waals surface area contributed by atoms with Gasteiger partial charge in [0.25, 0.3) is 0 Å². The van der Waals surface area contributed by atoms with Crippen molar-refractivity contribution in [3.63, 3.8) is 0 Å². The Morgan fingerprint density at radius 2 is 1.33 bits per heavy atom. The van der Waals surface area contributed by atoms with Crippen LogP contribution >= 0.6 is 0 Å². The SMILES string of the molecule is O=C1CCCC(c2ccc(F)cc2)(c2ccc(F)cc2)O1. The van der Waals surface area contributed by atoms with Gasteiger partial charge in [-0.2, -0.15) is 0 Å². The summed E-state index contributed by atoms with van der Waals surface area (Å²) in [5, 5.41) is 0. The molecular formula is C17H14F2O2. The van der Waals surface area contributed by atoms with Crippen LogP contribution in [0.3, 0.4) is 0 Å². The summed E-state index contributed by atoms with van der Waals surface area (Å²) < 4.78 is 31.9. The predicted molar refractivity (Wildman–Crippen MR) is 73.5 cm³/mol. The molecule has 1 aliphatic rings. The second-order valence-electron chi connectivity index (χ2n) is 5.17. The summed E-state index contributed by atoms with van der Waals surface area (Å²) in [5.74, 6) is -1.000. The van der Waals surface area contributed by atoms with Crippen LogP contribution in [-0.2, 0) is 15.1 Å². The second kappa shape index (κ2) is 5.28. The molecule has 0 saturated carbocycles. The molecule has 0 aromatic heterocycles. The topological polar surface area (TPSA) is 26.3 Å². The maximum Gasteiger partial charge on any atom is 0.307 e. The molecule has 0 unspecified atom stereocenters. The van der Waals surface area contributed by atoms with Gasteiger partial charge in [-0.3, -0.25) is 4.79 Å². The first-order valence-electron chi connectivity index (χ1n) is 6.84. The van der Waals surface area contributed by atoms with E-state index in [0.29, 0.717) is 30.4 Å². The van der Waals surface area contributed by atoms with Crippen LogP contribution in [0.4, 0.5) is 8.78 Å². The number of benzene rings is 2. The molecule has 3 rings (SSSR count). The van der Waals surface area contributed by atoms with Gasteiger partial charge in [-0.05, 0) is 37.1 Å². The van der Waals surface area contributed by atoms with Crippen molar-refractivity contribution in [2.24, 2.45) is 0 Å². The van der Waals surface area contributed by atoms with Crippen molar-refractivity contribution >= 4 is 5.97 Å². The number of halogens is 2. The first-order chi connectivity index (χ1) is 10.1. The molecule has 108 valence electrons. The Kier molecular flexibility index (Phi) is 3.45. The van der Waals surface area contributed by atoms with E-state index in [1.54, 1.807) is 24.3 Å². The smallest absolute Gasteiger partial charge is 0.307 e. The van der Waals surface area contributed by atoms with Crippen molar-refractivity contribution in [2.45, 2.75) is 24.9 Å². The third kappa shape index (κ3) is 2.53. The van der Waals surface area contributed by atoms with Gasteiger partial charge in [0.15, 0.2) is 5.60 Å². The molecule has 0 atom stereocenters. The zero-order valence-corrected chi connectivity index (χ0v) is 11.3. The molecule has 1 aliphatic heterocycles. The Bertz CT molecular complexity index is 602. The molecule has 0 aliphatic carbocycles. The lowest BCUT2D eigenvalue weighted by Gasteiger charge is -2.37. The molecule has 1 saturated heterocycles. The first kappa shape index (κ1) is 13.7. The zero-order valence-electron chi connectivity index (χ0n) is 11.3. The normalized spacial score (nSPS) is 17.3. The molecule has 1 heterocycles. The van der Waals surface area contributed by atoms with E-state index in [4.69, 9.17) is 4.74 Å². The minimum absolute atomic E-state index is 0.296. The van der Waals surface area contributed by atoms with Crippen molar-refractivity contribution in [2.75, 3.05) is 0 Å². The van der Waals surface area contributed by atoms with E-state index in [0.717, 1.165) is 0 Å². The van der Waals surface area contributed by atoms with Crippen LogP contribution in [0.5, 0.6) is 0 Å². The lowest BCUT2D eigenvalue weighted by atomic mass is 9.80. The minimum atomic E-state index is -0.962. The maximum atomic E-state index is 13.2. The molecule has 21 heavy (non-hydrogen) atoms.